The number of benzene rings is 2. The number of aryl methyl sites for hydroxylation is 1. The minimum Gasteiger partial charge on any atom is -0.350 e. The largest absolute Gasteiger partial charge is 0.350 e. The molecule has 0 bridgehead atoms. The second-order valence-electron chi connectivity index (χ2n) is 8.72. The van der Waals surface area contributed by atoms with Gasteiger partial charge in [0.2, 0.25) is 11.8 Å². The van der Waals surface area contributed by atoms with Gasteiger partial charge in [0.25, 0.3) is 0 Å². The van der Waals surface area contributed by atoms with Crippen LogP contribution in [0.1, 0.15) is 51.7 Å². The third-order valence-electron chi connectivity index (χ3n) is 4.76. The number of nitrogens with one attached hydrogen (secondary N) is 1. The van der Waals surface area contributed by atoms with E-state index in [0.29, 0.717) is 30.2 Å². The maximum atomic E-state index is 13.2. The van der Waals surface area contributed by atoms with Crippen LogP contribution in [0.4, 0.5) is 0 Å². The molecule has 1 unspecified atom stereocenters. The van der Waals surface area contributed by atoms with Crippen molar-refractivity contribution >= 4 is 35.2 Å². The quantitative estimate of drug-likeness (QED) is 0.477. The summed E-state index contributed by atoms with van der Waals surface area (Å²) in [6, 6.07) is 15.2. The maximum absolute atomic E-state index is 13.2. The van der Waals surface area contributed by atoms with E-state index in [1.54, 1.807) is 16.7 Å². The number of rotatable bonds is 9. The summed E-state index contributed by atoms with van der Waals surface area (Å²) in [7, 11) is 0. The Kier molecular flexibility index (Phi) is 9.45. The molecule has 6 heteroatoms. The van der Waals surface area contributed by atoms with Crippen LogP contribution in [0, 0.1) is 6.92 Å². The number of hydrogen-bond donors (Lipinski definition) is 1. The van der Waals surface area contributed by atoms with Crippen LogP contribution in [-0.2, 0) is 16.1 Å². The summed E-state index contributed by atoms with van der Waals surface area (Å²) in [6.45, 7) is 10.2. The minimum atomic E-state index is -0.522. The molecule has 1 atom stereocenters. The summed E-state index contributed by atoms with van der Waals surface area (Å²) in [6.07, 6.45) is 0.914. The van der Waals surface area contributed by atoms with Crippen LogP contribution in [0.25, 0.3) is 0 Å². The molecule has 31 heavy (non-hydrogen) atoms. The number of hydrogen-bond acceptors (Lipinski definition) is 3. The summed E-state index contributed by atoms with van der Waals surface area (Å²) in [5.41, 5.74) is 1.80. The van der Waals surface area contributed by atoms with Gasteiger partial charge in [0.1, 0.15) is 6.04 Å². The smallest absolute Gasteiger partial charge is 0.243 e. The fraction of sp³-hybridized carbons (Fsp3) is 0.440. The van der Waals surface area contributed by atoms with Gasteiger partial charge in [-0.1, -0.05) is 48.4 Å². The Morgan fingerprint density at radius 3 is 2.23 bits per heavy atom. The summed E-state index contributed by atoms with van der Waals surface area (Å²) >= 11 is 7.67. The molecule has 2 amide bonds. The minimum absolute atomic E-state index is 0.0227. The number of amides is 2. The number of carbonyl (C=O) groups is 2. The van der Waals surface area contributed by atoms with E-state index in [1.807, 2.05) is 52.0 Å². The van der Waals surface area contributed by atoms with E-state index in [4.69, 9.17) is 11.6 Å². The van der Waals surface area contributed by atoms with Gasteiger partial charge in [-0.25, -0.2) is 0 Å². The topological polar surface area (TPSA) is 49.4 Å². The van der Waals surface area contributed by atoms with Crippen molar-refractivity contribution in [3.8, 4) is 0 Å². The van der Waals surface area contributed by atoms with Gasteiger partial charge < -0.3 is 10.2 Å². The highest BCUT2D eigenvalue weighted by molar-refractivity contribution is 7.99. The molecule has 0 heterocycles. The lowest BCUT2D eigenvalue weighted by Crippen LogP contribution is -2.53. The van der Waals surface area contributed by atoms with Crippen molar-refractivity contribution in [3.05, 3.63) is 64.7 Å². The van der Waals surface area contributed by atoms with Crippen LogP contribution in [0.3, 0.4) is 0 Å². The molecular formula is C25H33ClN2O2S. The van der Waals surface area contributed by atoms with Crippen LogP contribution in [0.15, 0.2) is 53.4 Å². The Morgan fingerprint density at radius 2 is 1.68 bits per heavy atom. The summed E-state index contributed by atoms with van der Waals surface area (Å²) in [5, 5.41) is 3.68. The lowest BCUT2D eigenvalue weighted by Gasteiger charge is -2.33. The average Bonchev–Trinajstić information content (AvgIpc) is 2.69. The fourth-order valence-corrected chi connectivity index (χ4v) is 4.16. The summed E-state index contributed by atoms with van der Waals surface area (Å²) in [5.74, 6) is 0.519. The number of carbonyl (C=O) groups excluding carboxylic acids is 2. The van der Waals surface area contributed by atoms with Crippen molar-refractivity contribution in [2.75, 3.05) is 5.75 Å². The van der Waals surface area contributed by atoms with Gasteiger partial charge in [-0.15, -0.1) is 11.8 Å². The maximum Gasteiger partial charge on any atom is 0.243 e. The van der Waals surface area contributed by atoms with Crippen molar-refractivity contribution in [1.82, 2.24) is 10.2 Å². The molecule has 2 aromatic rings. The summed E-state index contributed by atoms with van der Waals surface area (Å²) < 4.78 is 0. The van der Waals surface area contributed by atoms with E-state index in [1.165, 1.54) is 5.56 Å². The van der Waals surface area contributed by atoms with Crippen LogP contribution in [0.2, 0.25) is 5.02 Å². The second-order valence-corrected chi connectivity index (χ2v) is 10.3. The molecule has 0 radical (unpaired) electrons. The van der Waals surface area contributed by atoms with Gasteiger partial charge in [-0.3, -0.25) is 9.59 Å². The van der Waals surface area contributed by atoms with Crippen LogP contribution in [-0.4, -0.2) is 34.0 Å². The molecule has 0 saturated carbocycles. The zero-order valence-corrected chi connectivity index (χ0v) is 20.6. The first-order chi connectivity index (χ1) is 14.6. The van der Waals surface area contributed by atoms with Crippen molar-refractivity contribution in [2.45, 2.75) is 70.5 Å². The van der Waals surface area contributed by atoms with E-state index in [2.05, 4.69) is 36.5 Å². The highest BCUT2D eigenvalue weighted by Gasteiger charge is 2.30. The third-order valence-corrected chi connectivity index (χ3v) is 6.02. The van der Waals surface area contributed by atoms with Crippen LogP contribution >= 0.6 is 23.4 Å². The normalized spacial score (nSPS) is 12.3. The highest BCUT2D eigenvalue weighted by Crippen LogP contribution is 2.21. The Labute approximate surface area is 195 Å². The molecule has 4 nitrogen and oxygen atoms in total. The number of halogens is 1. The molecule has 0 aromatic heterocycles. The van der Waals surface area contributed by atoms with E-state index in [9.17, 15) is 9.59 Å². The average molecular weight is 461 g/mol. The van der Waals surface area contributed by atoms with Gasteiger partial charge in [-0.2, -0.15) is 0 Å². The SMILES string of the molecule is CCC(C(=O)NC(C)(C)C)N(Cc1ccc(Cl)cc1)C(=O)CCSc1ccc(C)cc1. The van der Waals surface area contributed by atoms with Gasteiger partial charge >= 0.3 is 0 Å². The fourth-order valence-electron chi connectivity index (χ4n) is 3.19. The molecule has 0 saturated heterocycles. The van der Waals surface area contributed by atoms with E-state index >= 15 is 0 Å². The first-order valence-electron chi connectivity index (χ1n) is 10.6. The van der Waals surface area contributed by atoms with Crippen molar-refractivity contribution in [3.63, 3.8) is 0 Å². The Balaban J connectivity index is 2.14. The molecule has 1 N–H and O–H groups in total. The predicted octanol–water partition coefficient (Wildman–Crippen LogP) is 5.85. The van der Waals surface area contributed by atoms with Gasteiger partial charge in [0, 0.05) is 34.2 Å². The Hall–Kier alpha value is -1.98. The summed E-state index contributed by atoms with van der Waals surface area (Å²) in [4.78, 5) is 29.1. The molecule has 0 aliphatic heterocycles. The first-order valence-corrected chi connectivity index (χ1v) is 12.0. The number of thioether (sulfide) groups is 1. The van der Waals surface area contributed by atoms with E-state index in [-0.39, 0.29) is 17.4 Å². The monoisotopic (exact) mass is 460 g/mol. The molecule has 0 aliphatic carbocycles. The zero-order chi connectivity index (χ0) is 23.0. The highest BCUT2D eigenvalue weighted by atomic mass is 35.5. The molecule has 0 aliphatic rings. The molecule has 168 valence electrons. The second kappa shape index (κ2) is 11.6. The lowest BCUT2D eigenvalue weighted by molar-refractivity contribution is -0.141. The Bertz CT molecular complexity index is 861. The van der Waals surface area contributed by atoms with Crippen molar-refractivity contribution < 1.29 is 9.59 Å². The predicted molar refractivity (Wildman–Crippen MR) is 130 cm³/mol. The van der Waals surface area contributed by atoms with E-state index < -0.39 is 6.04 Å². The third kappa shape index (κ3) is 8.58. The zero-order valence-electron chi connectivity index (χ0n) is 19.1. The number of nitrogens with zero attached hydrogens (tertiary/aromatic N) is 1. The van der Waals surface area contributed by atoms with Crippen LogP contribution < -0.4 is 5.32 Å². The molecule has 2 rings (SSSR count). The van der Waals surface area contributed by atoms with Gasteiger partial charge in [-0.05, 0) is 63.9 Å². The molecular weight excluding hydrogens is 428 g/mol. The standard InChI is InChI=1S/C25H33ClN2O2S/c1-6-22(24(30)27-25(3,4)5)28(17-19-9-11-20(26)12-10-19)23(29)15-16-31-21-13-7-18(2)8-14-21/h7-14,22H,6,15-17H2,1-5H3,(H,27,30). The molecule has 0 fully saturated rings. The Morgan fingerprint density at radius 1 is 1.06 bits per heavy atom. The molecule has 0 spiro atoms. The van der Waals surface area contributed by atoms with Crippen LogP contribution in [0.5, 0.6) is 0 Å². The lowest BCUT2D eigenvalue weighted by atomic mass is 10.1. The van der Waals surface area contributed by atoms with Crippen molar-refractivity contribution in [1.29, 1.82) is 0 Å². The molecule has 2 aromatic carbocycles. The van der Waals surface area contributed by atoms with E-state index in [0.717, 1.165) is 10.5 Å². The first kappa shape index (κ1) is 25.3. The van der Waals surface area contributed by atoms with Crippen molar-refractivity contribution in [2.24, 2.45) is 0 Å². The van der Waals surface area contributed by atoms with Gasteiger partial charge in [0.15, 0.2) is 0 Å². The van der Waals surface area contributed by atoms with Gasteiger partial charge in [0.05, 0.1) is 0 Å².